The van der Waals surface area contributed by atoms with Crippen LogP contribution in [-0.4, -0.2) is 4.21 Å². The van der Waals surface area contributed by atoms with Crippen LogP contribution in [0.3, 0.4) is 0 Å². The second-order valence-corrected chi connectivity index (χ2v) is 9.50. The van der Waals surface area contributed by atoms with Crippen molar-refractivity contribution in [1.29, 1.82) is 0 Å². The van der Waals surface area contributed by atoms with E-state index in [2.05, 4.69) is 28.8 Å². The number of alkyl halides is 3. The SMILES string of the molecule is O=S(c1ccc(C(F)(F)F)cc1)c1cc2ccccc2[n+](CCCCCc2ccccc2)c1.[I-]. The first kappa shape index (κ1) is 26.3. The zero-order valence-corrected chi connectivity index (χ0v) is 21.4. The lowest BCUT2D eigenvalue weighted by Gasteiger charge is -2.08. The maximum atomic E-state index is 13.2. The first-order chi connectivity index (χ1) is 15.9. The van der Waals surface area contributed by atoms with Crippen LogP contribution in [0.2, 0.25) is 0 Å². The van der Waals surface area contributed by atoms with Crippen LogP contribution in [0.15, 0.2) is 101 Å². The van der Waals surface area contributed by atoms with Gasteiger partial charge in [-0.2, -0.15) is 17.7 Å². The summed E-state index contributed by atoms with van der Waals surface area (Å²) in [4.78, 5) is 0.936. The zero-order chi connectivity index (χ0) is 23.3. The number of unbranched alkanes of at least 4 members (excludes halogenated alkanes) is 2. The van der Waals surface area contributed by atoms with E-state index in [9.17, 15) is 17.4 Å². The minimum Gasteiger partial charge on any atom is -1.00 e. The Morgan fingerprint density at radius 1 is 0.765 bits per heavy atom. The second kappa shape index (κ2) is 11.9. The molecular weight excluding hydrogens is 570 g/mol. The van der Waals surface area contributed by atoms with Crippen molar-refractivity contribution in [2.24, 2.45) is 0 Å². The topological polar surface area (TPSA) is 20.9 Å². The predicted molar refractivity (Wildman–Crippen MR) is 124 cm³/mol. The van der Waals surface area contributed by atoms with Crippen molar-refractivity contribution < 1.29 is 45.9 Å². The first-order valence-electron chi connectivity index (χ1n) is 11.0. The van der Waals surface area contributed by atoms with Gasteiger partial charge < -0.3 is 24.0 Å². The zero-order valence-electron chi connectivity index (χ0n) is 18.5. The van der Waals surface area contributed by atoms with Crippen molar-refractivity contribution in [2.75, 3.05) is 0 Å². The fraction of sp³-hybridized carbons (Fsp3) is 0.222. The van der Waals surface area contributed by atoms with Gasteiger partial charge in [-0.15, -0.1) is 0 Å². The van der Waals surface area contributed by atoms with E-state index in [1.165, 1.54) is 17.7 Å². The predicted octanol–water partition coefficient (Wildman–Crippen LogP) is 3.73. The van der Waals surface area contributed by atoms with E-state index in [4.69, 9.17) is 0 Å². The van der Waals surface area contributed by atoms with Gasteiger partial charge in [0, 0.05) is 22.8 Å². The van der Waals surface area contributed by atoms with Crippen LogP contribution in [0.5, 0.6) is 0 Å². The molecule has 0 saturated heterocycles. The molecule has 1 aromatic heterocycles. The fourth-order valence-electron chi connectivity index (χ4n) is 3.91. The molecule has 34 heavy (non-hydrogen) atoms. The Bertz CT molecular complexity index is 1240. The van der Waals surface area contributed by atoms with Gasteiger partial charge in [0.05, 0.1) is 16.4 Å². The van der Waals surface area contributed by atoms with Crippen molar-refractivity contribution in [3.8, 4) is 0 Å². The molecule has 3 aromatic carbocycles. The molecule has 0 spiro atoms. The molecule has 0 bridgehead atoms. The van der Waals surface area contributed by atoms with E-state index in [1.54, 1.807) is 0 Å². The number of rotatable bonds is 8. The highest BCUT2D eigenvalue weighted by Gasteiger charge is 2.30. The summed E-state index contributed by atoms with van der Waals surface area (Å²) in [7, 11) is -1.57. The van der Waals surface area contributed by atoms with E-state index in [0.717, 1.165) is 55.3 Å². The van der Waals surface area contributed by atoms with Crippen molar-refractivity contribution in [3.63, 3.8) is 0 Å². The van der Waals surface area contributed by atoms with Crippen molar-refractivity contribution >= 4 is 21.7 Å². The molecule has 0 fully saturated rings. The number of benzene rings is 3. The molecular formula is C27H25F3INOS. The van der Waals surface area contributed by atoms with Crippen LogP contribution in [-0.2, 0) is 29.9 Å². The average molecular weight is 595 g/mol. The molecule has 2 nitrogen and oxygen atoms in total. The smallest absolute Gasteiger partial charge is 0.416 e. The Morgan fingerprint density at radius 2 is 1.44 bits per heavy atom. The number of hydrogen-bond donors (Lipinski definition) is 0. The van der Waals surface area contributed by atoms with Crippen LogP contribution >= 0.6 is 0 Å². The molecule has 1 heterocycles. The summed E-state index contributed by atoms with van der Waals surface area (Å²) >= 11 is 0. The van der Waals surface area contributed by atoms with Crippen molar-refractivity contribution in [2.45, 2.75) is 48.2 Å². The molecule has 4 aromatic rings. The summed E-state index contributed by atoms with van der Waals surface area (Å²) in [6, 6.07) is 24.7. The van der Waals surface area contributed by atoms with E-state index in [-0.39, 0.29) is 24.0 Å². The number of pyridine rings is 1. The summed E-state index contributed by atoms with van der Waals surface area (Å²) in [6.45, 7) is 0.785. The lowest BCUT2D eigenvalue weighted by Crippen LogP contribution is -3.00. The molecule has 0 aliphatic carbocycles. The van der Waals surface area contributed by atoms with Crippen LogP contribution in [0.1, 0.15) is 30.4 Å². The van der Waals surface area contributed by atoms with E-state index in [0.29, 0.717) is 9.79 Å². The minimum atomic E-state index is -4.41. The lowest BCUT2D eigenvalue weighted by molar-refractivity contribution is -0.673. The molecule has 178 valence electrons. The molecule has 0 saturated carbocycles. The largest absolute Gasteiger partial charge is 1.00 e. The number of halogens is 4. The maximum Gasteiger partial charge on any atom is 0.416 e. The first-order valence-corrected chi connectivity index (χ1v) is 12.1. The Labute approximate surface area is 217 Å². The van der Waals surface area contributed by atoms with Gasteiger partial charge in [-0.3, -0.25) is 0 Å². The standard InChI is InChI=1S/C27H25F3NOS.HI/c28-27(29,30)23-14-16-24(17-15-23)33(32)25-19-22-12-6-7-13-26(22)31(20-25)18-8-2-5-11-21-9-3-1-4-10-21;/h1,3-4,6-7,9-10,12-17,19-20H,2,5,8,11,18H2;1H/q+1;/p-1. The van der Waals surface area contributed by atoms with E-state index in [1.807, 2.05) is 42.6 Å². The monoisotopic (exact) mass is 595 g/mol. The van der Waals surface area contributed by atoms with Gasteiger partial charge in [-0.25, -0.2) is 4.21 Å². The highest BCUT2D eigenvalue weighted by molar-refractivity contribution is 7.85. The number of fused-ring (bicyclic) bond motifs is 1. The fourth-order valence-corrected chi connectivity index (χ4v) is 5.02. The van der Waals surface area contributed by atoms with Crippen LogP contribution in [0, 0.1) is 0 Å². The van der Waals surface area contributed by atoms with Gasteiger partial charge in [-0.1, -0.05) is 42.5 Å². The van der Waals surface area contributed by atoms with Crippen molar-refractivity contribution in [1.82, 2.24) is 0 Å². The van der Waals surface area contributed by atoms with Gasteiger partial charge in [0.1, 0.15) is 11.4 Å². The Morgan fingerprint density at radius 3 is 2.15 bits per heavy atom. The summed E-state index contributed by atoms with van der Waals surface area (Å²) in [6.07, 6.45) is 1.66. The van der Waals surface area contributed by atoms with E-state index >= 15 is 0 Å². The van der Waals surface area contributed by atoms with Crippen LogP contribution < -0.4 is 28.5 Å². The van der Waals surface area contributed by atoms with Gasteiger partial charge in [0.15, 0.2) is 6.20 Å². The van der Waals surface area contributed by atoms with E-state index < -0.39 is 22.5 Å². The quantitative estimate of drug-likeness (QED) is 0.173. The highest BCUT2D eigenvalue weighted by Crippen LogP contribution is 2.30. The van der Waals surface area contributed by atoms with Gasteiger partial charge >= 0.3 is 6.18 Å². The third kappa shape index (κ3) is 6.66. The normalized spacial score (nSPS) is 12.3. The third-order valence-corrected chi connectivity index (χ3v) is 7.00. The molecule has 4 rings (SSSR count). The molecule has 0 radical (unpaired) electrons. The summed E-state index contributed by atoms with van der Waals surface area (Å²) in [5.74, 6) is 0. The number of aryl methyl sites for hydroxylation is 2. The van der Waals surface area contributed by atoms with Gasteiger partial charge in [0.2, 0.25) is 5.52 Å². The number of para-hydroxylation sites is 1. The molecule has 0 aliphatic rings. The van der Waals surface area contributed by atoms with Crippen molar-refractivity contribution in [3.05, 3.63) is 102 Å². The summed E-state index contributed by atoms with van der Waals surface area (Å²) < 4.78 is 53.8. The van der Waals surface area contributed by atoms with Gasteiger partial charge in [-0.05, 0) is 61.2 Å². The second-order valence-electron chi connectivity index (χ2n) is 8.02. The Balaban J connectivity index is 0.00000324. The molecule has 0 amide bonds. The van der Waals surface area contributed by atoms with Gasteiger partial charge in [0.25, 0.3) is 0 Å². The number of hydrogen-bond acceptors (Lipinski definition) is 1. The average Bonchev–Trinajstić information content (AvgIpc) is 2.83. The Kier molecular flexibility index (Phi) is 9.24. The maximum absolute atomic E-state index is 13.2. The number of aromatic nitrogens is 1. The summed E-state index contributed by atoms with van der Waals surface area (Å²) in [5, 5.41) is 0.958. The highest BCUT2D eigenvalue weighted by atomic mass is 127. The lowest BCUT2D eigenvalue weighted by atomic mass is 10.1. The third-order valence-electron chi connectivity index (χ3n) is 5.64. The molecule has 1 atom stereocenters. The molecule has 1 unspecified atom stereocenters. The minimum absolute atomic E-state index is 0. The molecule has 0 aliphatic heterocycles. The molecule has 0 N–H and O–H groups in total. The van der Waals surface area contributed by atoms with Crippen LogP contribution in [0.4, 0.5) is 13.2 Å². The number of nitrogens with zero attached hydrogens (tertiary/aromatic N) is 1. The molecule has 7 heteroatoms. The summed E-state index contributed by atoms with van der Waals surface area (Å²) in [5.41, 5.74) is 1.64. The Hall–Kier alpha value is -2.26. The van der Waals surface area contributed by atoms with Crippen LogP contribution in [0.25, 0.3) is 10.9 Å².